The van der Waals surface area contributed by atoms with E-state index in [0.29, 0.717) is 34.2 Å². The van der Waals surface area contributed by atoms with E-state index in [1.54, 1.807) is 30.3 Å². The molecular weight excluding hydrogens is 466 g/mol. The van der Waals surface area contributed by atoms with E-state index < -0.39 is 16.0 Å². The van der Waals surface area contributed by atoms with E-state index in [-0.39, 0.29) is 17.3 Å². The number of esters is 1. The zero-order chi connectivity index (χ0) is 23.8. The highest BCUT2D eigenvalue weighted by Gasteiger charge is 2.21. The van der Waals surface area contributed by atoms with Gasteiger partial charge in [-0.2, -0.15) is 0 Å². The maximum atomic E-state index is 12.6. The van der Waals surface area contributed by atoms with Crippen LogP contribution in [0, 0.1) is 0 Å². The number of rotatable bonds is 7. The van der Waals surface area contributed by atoms with Gasteiger partial charge < -0.3 is 13.7 Å². The largest absolute Gasteiger partial charge is 0.452 e. The molecule has 0 saturated carbocycles. The van der Waals surface area contributed by atoms with Gasteiger partial charge in [0.2, 0.25) is 15.8 Å². The second kappa shape index (κ2) is 9.01. The van der Waals surface area contributed by atoms with Crippen LogP contribution in [0.2, 0.25) is 5.02 Å². The zero-order valence-electron chi connectivity index (χ0n) is 18.3. The molecule has 0 atom stereocenters. The van der Waals surface area contributed by atoms with Gasteiger partial charge in [0.05, 0.1) is 21.0 Å². The Morgan fingerprint density at radius 3 is 2.61 bits per heavy atom. The van der Waals surface area contributed by atoms with E-state index in [9.17, 15) is 13.2 Å². The van der Waals surface area contributed by atoms with Crippen LogP contribution in [0.25, 0.3) is 22.4 Å². The molecule has 10 heteroatoms. The molecule has 4 aromatic rings. The molecule has 0 aliphatic heterocycles. The quantitative estimate of drug-likeness (QED) is 0.354. The minimum Gasteiger partial charge on any atom is -0.452 e. The summed E-state index contributed by atoms with van der Waals surface area (Å²) in [6.07, 6.45) is 0. The molecule has 2 aromatic heterocycles. The number of ether oxygens (including phenoxy) is 1. The highest BCUT2D eigenvalue weighted by molar-refractivity contribution is 7.89. The average Bonchev–Trinajstić information content (AvgIpc) is 3.41. The van der Waals surface area contributed by atoms with Gasteiger partial charge in [-0.3, -0.25) is 0 Å². The van der Waals surface area contributed by atoms with Gasteiger partial charge in [-0.05, 0) is 49.4 Å². The highest BCUT2D eigenvalue weighted by atomic mass is 35.5. The third-order valence-corrected chi connectivity index (χ3v) is 7.31. The average molecular weight is 488 g/mol. The van der Waals surface area contributed by atoms with Crippen molar-refractivity contribution in [1.82, 2.24) is 13.9 Å². The zero-order valence-corrected chi connectivity index (χ0v) is 19.9. The van der Waals surface area contributed by atoms with Gasteiger partial charge in [0.25, 0.3) is 0 Å². The Balaban J connectivity index is 1.56. The van der Waals surface area contributed by atoms with Crippen molar-refractivity contribution in [3.63, 3.8) is 0 Å². The molecule has 0 amide bonds. The summed E-state index contributed by atoms with van der Waals surface area (Å²) < 4.78 is 38.9. The lowest BCUT2D eigenvalue weighted by Crippen LogP contribution is -2.22. The summed E-state index contributed by atoms with van der Waals surface area (Å²) in [4.78, 5) is 17.2. The van der Waals surface area contributed by atoms with Crippen LogP contribution in [-0.2, 0) is 27.9 Å². The second-order valence-corrected chi connectivity index (χ2v) is 9.99. The first-order valence-electron chi connectivity index (χ1n) is 10.2. The molecule has 2 aromatic carbocycles. The van der Waals surface area contributed by atoms with Crippen molar-refractivity contribution in [2.75, 3.05) is 14.1 Å². The number of imidazole rings is 1. The first kappa shape index (κ1) is 23.0. The SMILES string of the molecule is CCn1c(COC(=O)c2ccc(-c3ccccc3Cl)o2)nc2cc(S(=O)(=O)N(C)C)ccc21. The predicted octanol–water partition coefficient (Wildman–Crippen LogP) is 4.58. The van der Waals surface area contributed by atoms with Crippen molar-refractivity contribution < 1.29 is 22.4 Å². The predicted molar refractivity (Wildman–Crippen MR) is 125 cm³/mol. The topological polar surface area (TPSA) is 94.6 Å². The molecule has 0 aliphatic carbocycles. The number of nitrogens with zero attached hydrogens (tertiary/aromatic N) is 3. The molecule has 0 bridgehead atoms. The smallest absolute Gasteiger partial charge is 0.374 e. The third-order valence-electron chi connectivity index (χ3n) is 5.17. The third kappa shape index (κ3) is 4.39. The monoisotopic (exact) mass is 487 g/mol. The van der Waals surface area contributed by atoms with Crippen molar-refractivity contribution in [3.8, 4) is 11.3 Å². The number of furan rings is 1. The minimum absolute atomic E-state index is 0.0449. The molecule has 33 heavy (non-hydrogen) atoms. The molecule has 4 rings (SSSR count). The molecule has 0 radical (unpaired) electrons. The van der Waals surface area contributed by atoms with Crippen LogP contribution in [0.4, 0.5) is 0 Å². The van der Waals surface area contributed by atoms with Crippen molar-refractivity contribution in [2.24, 2.45) is 0 Å². The Morgan fingerprint density at radius 1 is 1.15 bits per heavy atom. The van der Waals surface area contributed by atoms with E-state index >= 15 is 0 Å². The summed E-state index contributed by atoms with van der Waals surface area (Å²) in [5, 5.41) is 0.513. The van der Waals surface area contributed by atoms with Crippen LogP contribution in [0.15, 0.2) is 63.9 Å². The van der Waals surface area contributed by atoms with Crippen molar-refractivity contribution >= 4 is 38.6 Å². The molecule has 2 heterocycles. The first-order valence-corrected chi connectivity index (χ1v) is 12.0. The molecule has 8 nitrogen and oxygen atoms in total. The van der Waals surface area contributed by atoms with Gasteiger partial charge in [0.15, 0.2) is 0 Å². The van der Waals surface area contributed by atoms with Gasteiger partial charge in [-0.1, -0.05) is 23.7 Å². The molecule has 0 fully saturated rings. The lowest BCUT2D eigenvalue weighted by molar-refractivity contribution is 0.0423. The van der Waals surface area contributed by atoms with Crippen LogP contribution >= 0.6 is 11.6 Å². The number of hydrogen-bond acceptors (Lipinski definition) is 6. The van der Waals surface area contributed by atoms with Crippen molar-refractivity contribution in [3.05, 3.63) is 71.2 Å². The van der Waals surface area contributed by atoms with Gasteiger partial charge in [-0.25, -0.2) is 22.5 Å². The molecule has 172 valence electrons. The summed E-state index contributed by atoms with van der Waals surface area (Å²) in [5.41, 5.74) is 1.93. The Kier molecular flexibility index (Phi) is 6.29. The first-order chi connectivity index (χ1) is 15.7. The highest BCUT2D eigenvalue weighted by Crippen LogP contribution is 2.29. The Hall–Kier alpha value is -3.14. The van der Waals surface area contributed by atoms with Crippen LogP contribution < -0.4 is 0 Å². The Labute approximate surface area is 196 Å². The van der Waals surface area contributed by atoms with E-state index in [1.807, 2.05) is 23.6 Å². The lowest BCUT2D eigenvalue weighted by atomic mass is 10.2. The summed E-state index contributed by atoms with van der Waals surface area (Å²) >= 11 is 6.19. The molecule has 0 saturated heterocycles. The maximum absolute atomic E-state index is 12.6. The fourth-order valence-electron chi connectivity index (χ4n) is 3.45. The van der Waals surface area contributed by atoms with Gasteiger partial charge >= 0.3 is 5.97 Å². The number of carbonyl (C=O) groups excluding carboxylic acids is 1. The van der Waals surface area contributed by atoms with E-state index in [4.69, 9.17) is 20.8 Å². The van der Waals surface area contributed by atoms with Crippen molar-refractivity contribution in [1.29, 1.82) is 0 Å². The van der Waals surface area contributed by atoms with Gasteiger partial charge in [-0.15, -0.1) is 0 Å². The maximum Gasteiger partial charge on any atom is 0.374 e. The summed E-state index contributed by atoms with van der Waals surface area (Å²) in [6.45, 7) is 2.40. The van der Waals surface area contributed by atoms with Crippen LogP contribution in [-0.4, -0.2) is 42.3 Å². The number of carbonyl (C=O) groups is 1. The number of fused-ring (bicyclic) bond motifs is 1. The summed E-state index contributed by atoms with van der Waals surface area (Å²) in [5.74, 6) is 0.364. The van der Waals surface area contributed by atoms with Crippen molar-refractivity contribution in [2.45, 2.75) is 25.0 Å². The Morgan fingerprint density at radius 2 is 1.91 bits per heavy atom. The van der Waals surface area contributed by atoms with Crippen LogP contribution in [0.3, 0.4) is 0 Å². The number of aryl methyl sites for hydroxylation is 1. The summed E-state index contributed by atoms with van der Waals surface area (Å²) in [6, 6.07) is 15.1. The van der Waals surface area contributed by atoms with Gasteiger partial charge in [0, 0.05) is 26.2 Å². The lowest BCUT2D eigenvalue weighted by Gasteiger charge is -2.11. The van der Waals surface area contributed by atoms with E-state index in [1.165, 1.54) is 26.2 Å². The number of benzene rings is 2. The molecule has 0 N–H and O–H groups in total. The van der Waals surface area contributed by atoms with Crippen LogP contribution in [0.1, 0.15) is 23.3 Å². The molecule has 0 unspecified atom stereocenters. The fourth-order valence-corrected chi connectivity index (χ4v) is 4.60. The molecular formula is C23H22ClN3O5S. The van der Waals surface area contributed by atoms with Gasteiger partial charge in [0.1, 0.15) is 18.2 Å². The fraction of sp³-hybridized carbons (Fsp3) is 0.217. The number of aromatic nitrogens is 2. The Bertz CT molecular complexity index is 1440. The minimum atomic E-state index is -3.59. The standard InChI is InChI=1S/C23H22ClN3O5S/c1-4-27-19-10-9-15(33(29,30)26(2)3)13-18(19)25-22(27)14-31-23(28)21-12-11-20(32-21)16-7-5-6-8-17(16)24/h5-13H,4,14H2,1-3H3. The van der Waals surface area contributed by atoms with E-state index in [0.717, 1.165) is 9.82 Å². The number of halogens is 1. The number of hydrogen-bond donors (Lipinski definition) is 0. The normalized spacial score (nSPS) is 11.9. The second-order valence-electron chi connectivity index (χ2n) is 7.43. The molecule has 0 spiro atoms. The number of sulfonamides is 1. The van der Waals surface area contributed by atoms with Crippen LogP contribution in [0.5, 0.6) is 0 Å². The van der Waals surface area contributed by atoms with E-state index in [2.05, 4.69) is 4.98 Å². The summed E-state index contributed by atoms with van der Waals surface area (Å²) in [7, 11) is -0.641. The molecule has 0 aliphatic rings.